The molecule has 0 radical (unpaired) electrons. The highest BCUT2D eigenvalue weighted by Gasteiger charge is 2.19. The fraction of sp³-hybridized carbons (Fsp3) is 0.500. The van der Waals surface area contributed by atoms with Crippen molar-refractivity contribution in [2.75, 3.05) is 19.7 Å². The van der Waals surface area contributed by atoms with Gasteiger partial charge in [-0.15, -0.1) is 0 Å². The molecule has 1 aromatic rings. The lowest BCUT2D eigenvalue weighted by Crippen LogP contribution is -2.41. The summed E-state index contributed by atoms with van der Waals surface area (Å²) in [5, 5.41) is 8.82. The molecule has 1 saturated heterocycles. The summed E-state index contributed by atoms with van der Waals surface area (Å²) in [4.78, 5) is 2.24. The van der Waals surface area contributed by atoms with Crippen LogP contribution >= 0.6 is 0 Å². The Bertz CT molecular complexity index is 456. The molecule has 4 heteroatoms. The van der Waals surface area contributed by atoms with Crippen LogP contribution in [0, 0.1) is 17.1 Å². The summed E-state index contributed by atoms with van der Waals surface area (Å²) >= 11 is 0. The van der Waals surface area contributed by atoms with Crippen LogP contribution in [-0.2, 0) is 11.3 Å². The second-order valence-electron chi connectivity index (χ2n) is 4.60. The third-order valence-corrected chi connectivity index (χ3v) is 3.17. The Kier molecular flexibility index (Phi) is 4.29. The Labute approximate surface area is 107 Å². The lowest BCUT2D eigenvalue weighted by Gasteiger charge is -2.32. The predicted octanol–water partition coefficient (Wildman–Crippen LogP) is 2.31. The van der Waals surface area contributed by atoms with Gasteiger partial charge in [0.25, 0.3) is 0 Å². The molecule has 0 spiro atoms. The van der Waals surface area contributed by atoms with E-state index in [1.54, 1.807) is 6.07 Å². The second kappa shape index (κ2) is 5.94. The minimum atomic E-state index is -0.343. The van der Waals surface area contributed by atoms with Crippen molar-refractivity contribution in [2.45, 2.75) is 26.0 Å². The summed E-state index contributed by atoms with van der Waals surface area (Å²) in [5.41, 5.74) is 1.23. The first-order valence-corrected chi connectivity index (χ1v) is 6.24. The molecule has 1 aliphatic heterocycles. The molecule has 0 bridgehead atoms. The number of benzene rings is 1. The molecule has 96 valence electrons. The first-order chi connectivity index (χ1) is 8.71. The maximum Gasteiger partial charge on any atom is 0.124 e. The highest BCUT2D eigenvalue weighted by molar-refractivity contribution is 5.33. The number of morpholine rings is 1. The van der Waals surface area contributed by atoms with Crippen LogP contribution in [0.5, 0.6) is 0 Å². The number of nitrogens with zero attached hydrogens (tertiary/aromatic N) is 2. The quantitative estimate of drug-likeness (QED) is 0.823. The van der Waals surface area contributed by atoms with Crippen LogP contribution in [0.4, 0.5) is 4.39 Å². The van der Waals surface area contributed by atoms with Crippen LogP contribution in [0.1, 0.15) is 24.5 Å². The Balaban J connectivity index is 2.05. The molecule has 0 aromatic heterocycles. The van der Waals surface area contributed by atoms with Crippen molar-refractivity contribution >= 4 is 0 Å². The van der Waals surface area contributed by atoms with Gasteiger partial charge in [0.1, 0.15) is 5.82 Å². The molecule has 2 rings (SSSR count). The van der Waals surface area contributed by atoms with E-state index in [9.17, 15) is 4.39 Å². The lowest BCUT2D eigenvalue weighted by atomic mass is 10.1. The molecule has 0 N–H and O–H groups in total. The van der Waals surface area contributed by atoms with E-state index in [1.165, 1.54) is 12.1 Å². The van der Waals surface area contributed by atoms with Crippen molar-refractivity contribution in [3.63, 3.8) is 0 Å². The molecule has 1 aliphatic rings. The standard InChI is InChI=1S/C14H17FN2O/c1-2-14-10-17(3-4-18-14)9-12-5-11(8-16)6-13(15)7-12/h5-7,14H,2-4,9-10H2,1H3. The predicted molar refractivity (Wildman–Crippen MR) is 66.4 cm³/mol. The third kappa shape index (κ3) is 3.28. The van der Waals surface area contributed by atoms with Gasteiger partial charge in [0.05, 0.1) is 24.3 Å². The summed E-state index contributed by atoms with van der Waals surface area (Å²) < 4.78 is 18.9. The van der Waals surface area contributed by atoms with Crippen molar-refractivity contribution in [1.29, 1.82) is 5.26 Å². The van der Waals surface area contributed by atoms with Crippen LogP contribution in [0.3, 0.4) is 0 Å². The monoisotopic (exact) mass is 248 g/mol. The number of nitriles is 1. The van der Waals surface area contributed by atoms with E-state index in [0.29, 0.717) is 12.1 Å². The fourth-order valence-corrected chi connectivity index (χ4v) is 2.24. The highest BCUT2D eigenvalue weighted by atomic mass is 19.1. The zero-order valence-electron chi connectivity index (χ0n) is 10.5. The van der Waals surface area contributed by atoms with Crippen molar-refractivity contribution in [2.24, 2.45) is 0 Å². The highest BCUT2D eigenvalue weighted by Crippen LogP contribution is 2.14. The average molecular weight is 248 g/mol. The van der Waals surface area contributed by atoms with Crippen molar-refractivity contribution < 1.29 is 9.13 Å². The summed E-state index contributed by atoms with van der Waals surface area (Å²) in [7, 11) is 0. The fourth-order valence-electron chi connectivity index (χ4n) is 2.24. The Morgan fingerprint density at radius 1 is 1.50 bits per heavy atom. The summed E-state index contributed by atoms with van der Waals surface area (Å²) in [6.45, 7) is 5.22. The molecule has 1 fully saturated rings. The molecule has 1 atom stereocenters. The van der Waals surface area contributed by atoms with Gasteiger partial charge in [0.15, 0.2) is 0 Å². The number of halogens is 1. The van der Waals surface area contributed by atoms with Gasteiger partial charge in [-0.1, -0.05) is 6.92 Å². The number of hydrogen-bond donors (Lipinski definition) is 0. The number of rotatable bonds is 3. The number of hydrogen-bond acceptors (Lipinski definition) is 3. The van der Waals surface area contributed by atoms with E-state index >= 15 is 0 Å². The molecule has 0 aliphatic carbocycles. The SMILES string of the molecule is CCC1CN(Cc2cc(F)cc(C#N)c2)CCO1. The lowest BCUT2D eigenvalue weighted by molar-refractivity contribution is -0.0324. The van der Waals surface area contributed by atoms with Crippen LogP contribution in [0.15, 0.2) is 18.2 Å². The van der Waals surface area contributed by atoms with Gasteiger partial charge in [0.2, 0.25) is 0 Å². The maximum atomic E-state index is 13.3. The van der Waals surface area contributed by atoms with Gasteiger partial charge < -0.3 is 4.74 Å². The summed E-state index contributed by atoms with van der Waals surface area (Å²) in [5.74, 6) is -0.343. The van der Waals surface area contributed by atoms with Crippen LogP contribution < -0.4 is 0 Å². The molecule has 0 saturated carbocycles. The van der Waals surface area contributed by atoms with Crippen LogP contribution in [-0.4, -0.2) is 30.7 Å². The minimum Gasteiger partial charge on any atom is -0.376 e. The van der Waals surface area contributed by atoms with Gasteiger partial charge >= 0.3 is 0 Å². The molecule has 1 heterocycles. The first-order valence-electron chi connectivity index (χ1n) is 6.24. The molecular formula is C14H17FN2O. The average Bonchev–Trinajstić information content (AvgIpc) is 2.38. The van der Waals surface area contributed by atoms with Gasteiger partial charge in [-0.3, -0.25) is 4.90 Å². The normalized spacial score (nSPS) is 20.6. The molecule has 1 unspecified atom stereocenters. The molecular weight excluding hydrogens is 231 g/mol. The smallest absolute Gasteiger partial charge is 0.124 e. The van der Waals surface area contributed by atoms with Gasteiger partial charge in [-0.25, -0.2) is 4.39 Å². The van der Waals surface area contributed by atoms with E-state index in [0.717, 1.165) is 31.7 Å². The third-order valence-electron chi connectivity index (χ3n) is 3.17. The van der Waals surface area contributed by atoms with Crippen molar-refractivity contribution in [3.8, 4) is 6.07 Å². The van der Waals surface area contributed by atoms with Crippen molar-refractivity contribution in [3.05, 3.63) is 35.1 Å². The Morgan fingerprint density at radius 3 is 3.06 bits per heavy atom. The van der Waals surface area contributed by atoms with Gasteiger partial charge in [-0.05, 0) is 30.2 Å². The van der Waals surface area contributed by atoms with Crippen LogP contribution in [0.2, 0.25) is 0 Å². The van der Waals surface area contributed by atoms with E-state index < -0.39 is 0 Å². The van der Waals surface area contributed by atoms with Crippen LogP contribution in [0.25, 0.3) is 0 Å². The minimum absolute atomic E-state index is 0.266. The zero-order valence-corrected chi connectivity index (χ0v) is 10.5. The Morgan fingerprint density at radius 2 is 2.33 bits per heavy atom. The summed E-state index contributed by atoms with van der Waals surface area (Å²) in [6.07, 6.45) is 1.26. The molecule has 0 amide bonds. The first kappa shape index (κ1) is 13.0. The summed E-state index contributed by atoms with van der Waals surface area (Å²) in [6, 6.07) is 6.49. The molecule has 18 heavy (non-hydrogen) atoms. The molecule has 3 nitrogen and oxygen atoms in total. The second-order valence-corrected chi connectivity index (χ2v) is 4.60. The van der Waals surface area contributed by atoms with Gasteiger partial charge in [-0.2, -0.15) is 5.26 Å². The largest absolute Gasteiger partial charge is 0.376 e. The van der Waals surface area contributed by atoms with E-state index in [4.69, 9.17) is 10.00 Å². The van der Waals surface area contributed by atoms with Crippen molar-refractivity contribution in [1.82, 2.24) is 4.90 Å². The topological polar surface area (TPSA) is 36.3 Å². The van der Waals surface area contributed by atoms with E-state index in [2.05, 4.69) is 11.8 Å². The maximum absolute atomic E-state index is 13.3. The molecule has 1 aromatic carbocycles. The van der Waals surface area contributed by atoms with E-state index in [1.807, 2.05) is 6.07 Å². The zero-order chi connectivity index (χ0) is 13.0. The Hall–Kier alpha value is -1.44. The number of ether oxygens (including phenoxy) is 1. The van der Waals surface area contributed by atoms with Gasteiger partial charge in [0, 0.05) is 19.6 Å². The van der Waals surface area contributed by atoms with E-state index in [-0.39, 0.29) is 11.9 Å².